The highest BCUT2D eigenvalue weighted by Gasteiger charge is 2.24. The molecule has 0 atom stereocenters. The van der Waals surface area contributed by atoms with Gasteiger partial charge in [-0.1, -0.05) is 0 Å². The fraction of sp³-hybridized carbons (Fsp3) is 0.357. The minimum atomic E-state index is -0.654. The molecule has 2 aromatic heterocycles. The van der Waals surface area contributed by atoms with Crippen LogP contribution in [0.25, 0.3) is 0 Å². The highest BCUT2D eigenvalue weighted by molar-refractivity contribution is 7.11. The fourth-order valence-electron chi connectivity index (χ4n) is 1.91. The Bertz CT molecular complexity index is 659. The number of hydrogen-bond acceptors (Lipinski definition) is 5. The summed E-state index contributed by atoms with van der Waals surface area (Å²) in [5.41, 5.74) is 0. The molecule has 6 nitrogen and oxygen atoms in total. The number of amides is 1. The van der Waals surface area contributed by atoms with Crippen LogP contribution >= 0.6 is 11.3 Å². The first-order valence-corrected chi connectivity index (χ1v) is 7.30. The highest BCUT2D eigenvalue weighted by Crippen LogP contribution is 2.22. The van der Waals surface area contributed by atoms with Crippen molar-refractivity contribution in [1.29, 1.82) is 0 Å². The normalized spacial score (nSPS) is 10.9. The zero-order valence-corrected chi connectivity index (χ0v) is 12.8. The lowest BCUT2D eigenvalue weighted by molar-refractivity contribution is -0.402. The van der Waals surface area contributed by atoms with Gasteiger partial charge in [-0.15, -0.1) is 11.3 Å². The molecule has 0 spiro atoms. The molecule has 0 N–H and O–H groups in total. The Morgan fingerprint density at radius 1 is 1.38 bits per heavy atom. The van der Waals surface area contributed by atoms with Crippen molar-refractivity contribution in [2.45, 2.75) is 33.4 Å². The molecule has 7 heteroatoms. The van der Waals surface area contributed by atoms with Crippen molar-refractivity contribution in [2.75, 3.05) is 0 Å². The van der Waals surface area contributed by atoms with E-state index in [1.807, 2.05) is 32.9 Å². The standard InChI is InChI=1S/C14H16N2O4S/c1-9(2)15(8-11-5-4-10(3)21-11)14(17)12-6-7-13(20-12)16(18)19/h4-7,9H,8H2,1-3H3. The Labute approximate surface area is 126 Å². The SMILES string of the molecule is Cc1ccc(CN(C(=O)c2ccc([N+](=O)[O-])o2)C(C)C)s1. The van der Waals surface area contributed by atoms with Crippen LogP contribution in [0.15, 0.2) is 28.7 Å². The molecule has 0 unspecified atom stereocenters. The topological polar surface area (TPSA) is 76.6 Å². The zero-order valence-electron chi connectivity index (χ0n) is 12.0. The van der Waals surface area contributed by atoms with Gasteiger partial charge in [-0.3, -0.25) is 14.9 Å². The van der Waals surface area contributed by atoms with Crippen LogP contribution < -0.4 is 0 Å². The van der Waals surface area contributed by atoms with E-state index in [4.69, 9.17) is 4.42 Å². The van der Waals surface area contributed by atoms with E-state index in [1.54, 1.807) is 16.2 Å². The quantitative estimate of drug-likeness (QED) is 0.624. The predicted molar refractivity (Wildman–Crippen MR) is 79.4 cm³/mol. The van der Waals surface area contributed by atoms with Gasteiger partial charge in [-0.25, -0.2) is 0 Å². The van der Waals surface area contributed by atoms with Gasteiger partial charge in [0.05, 0.1) is 12.6 Å². The van der Waals surface area contributed by atoms with Gasteiger partial charge in [0.2, 0.25) is 0 Å². The van der Waals surface area contributed by atoms with Crippen molar-refractivity contribution in [3.05, 3.63) is 49.9 Å². The largest absolute Gasteiger partial charge is 0.433 e. The summed E-state index contributed by atoms with van der Waals surface area (Å²) in [4.78, 5) is 26.3. The Kier molecular flexibility index (Phi) is 4.42. The number of rotatable bonds is 5. The number of thiophene rings is 1. The summed E-state index contributed by atoms with van der Waals surface area (Å²) in [7, 11) is 0. The number of furan rings is 1. The molecule has 2 rings (SSSR count). The molecule has 2 aromatic rings. The number of nitro groups is 1. The molecule has 0 radical (unpaired) electrons. The van der Waals surface area contributed by atoms with E-state index in [2.05, 4.69) is 0 Å². The van der Waals surface area contributed by atoms with E-state index in [9.17, 15) is 14.9 Å². The second-order valence-electron chi connectivity index (χ2n) is 4.93. The van der Waals surface area contributed by atoms with Crippen LogP contribution in [0, 0.1) is 17.0 Å². The first kappa shape index (κ1) is 15.2. The maximum Gasteiger partial charge on any atom is 0.433 e. The second-order valence-corrected chi connectivity index (χ2v) is 6.31. The van der Waals surface area contributed by atoms with Crippen LogP contribution in [-0.4, -0.2) is 21.8 Å². The molecule has 0 bridgehead atoms. The van der Waals surface area contributed by atoms with Crippen molar-refractivity contribution in [1.82, 2.24) is 4.90 Å². The number of hydrogen-bond donors (Lipinski definition) is 0. The third-order valence-corrected chi connectivity index (χ3v) is 3.97. The number of carbonyl (C=O) groups excluding carboxylic acids is 1. The van der Waals surface area contributed by atoms with Crippen molar-refractivity contribution in [2.24, 2.45) is 0 Å². The van der Waals surface area contributed by atoms with Crippen LogP contribution in [0.1, 0.15) is 34.2 Å². The molecular weight excluding hydrogens is 292 g/mol. The van der Waals surface area contributed by atoms with Crippen LogP contribution in [-0.2, 0) is 6.54 Å². The molecule has 2 heterocycles. The average molecular weight is 308 g/mol. The van der Waals surface area contributed by atoms with E-state index in [1.165, 1.54) is 17.0 Å². The molecule has 0 aliphatic carbocycles. The summed E-state index contributed by atoms with van der Waals surface area (Å²) in [6, 6.07) is 6.48. The lowest BCUT2D eigenvalue weighted by atomic mass is 10.2. The number of nitrogens with zero attached hydrogens (tertiary/aromatic N) is 2. The highest BCUT2D eigenvalue weighted by atomic mass is 32.1. The molecule has 112 valence electrons. The van der Waals surface area contributed by atoms with E-state index < -0.39 is 10.8 Å². The van der Waals surface area contributed by atoms with Gasteiger partial charge in [-0.2, -0.15) is 0 Å². The minimum Gasteiger partial charge on any atom is -0.395 e. The smallest absolute Gasteiger partial charge is 0.395 e. The van der Waals surface area contributed by atoms with Gasteiger partial charge in [0.1, 0.15) is 4.92 Å². The molecular formula is C14H16N2O4S. The monoisotopic (exact) mass is 308 g/mol. The summed E-state index contributed by atoms with van der Waals surface area (Å²) in [6.45, 7) is 6.26. The lowest BCUT2D eigenvalue weighted by Gasteiger charge is -2.25. The van der Waals surface area contributed by atoms with Gasteiger partial charge < -0.3 is 9.32 Å². The third kappa shape index (κ3) is 3.49. The zero-order chi connectivity index (χ0) is 15.6. The van der Waals surface area contributed by atoms with E-state index in [0.717, 1.165) is 4.88 Å². The molecule has 0 aliphatic heterocycles. The van der Waals surface area contributed by atoms with E-state index in [-0.39, 0.29) is 17.7 Å². The van der Waals surface area contributed by atoms with Crippen molar-refractivity contribution < 1.29 is 14.1 Å². The summed E-state index contributed by atoms with van der Waals surface area (Å²) in [5.74, 6) is -0.776. The first-order chi connectivity index (χ1) is 9.88. The van der Waals surface area contributed by atoms with Crippen LogP contribution in [0.3, 0.4) is 0 Å². The number of carbonyl (C=O) groups is 1. The van der Waals surface area contributed by atoms with Gasteiger partial charge in [-0.05, 0) is 39.0 Å². The Balaban J connectivity index is 2.20. The van der Waals surface area contributed by atoms with Gasteiger partial charge in [0, 0.05) is 15.8 Å². The third-order valence-electron chi connectivity index (χ3n) is 2.99. The summed E-state index contributed by atoms with van der Waals surface area (Å²) in [6.07, 6.45) is 0. The summed E-state index contributed by atoms with van der Waals surface area (Å²) >= 11 is 1.62. The Morgan fingerprint density at radius 2 is 2.10 bits per heavy atom. The fourth-order valence-corrected chi connectivity index (χ4v) is 2.80. The molecule has 1 amide bonds. The Morgan fingerprint density at radius 3 is 2.57 bits per heavy atom. The van der Waals surface area contributed by atoms with Gasteiger partial charge in [0.15, 0.2) is 5.76 Å². The van der Waals surface area contributed by atoms with Gasteiger partial charge >= 0.3 is 5.88 Å². The van der Waals surface area contributed by atoms with Crippen molar-refractivity contribution in [3.63, 3.8) is 0 Å². The van der Waals surface area contributed by atoms with Crippen LogP contribution in [0.4, 0.5) is 5.88 Å². The van der Waals surface area contributed by atoms with Crippen LogP contribution in [0.5, 0.6) is 0 Å². The van der Waals surface area contributed by atoms with Gasteiger partial charge in [0.25, 0.3) is 5.91 Å². The first-order valence-electron chi connectivity index (χ1n) is 6.49. The summed E-state index contributed by atoms with van der Waals surface area (Å²) < 4.78 is 4.99. The molecule has 0 saturated heterocycles. The molecule has 0 fully saturated rings. The summed E-state index contributed by atoms with van der Waals surface area (Å²) in [5, 5.41) is 10.6. The van der Waals surface area contributed by atoms with Crippen LogP contribution in [0.2, 0.25) is 0 Å². The second kappa shape index (κ2) is 6.09. The Hall–Kier alpha value is -2.15. The molecule has 0 aliphatic rings. The molecule has 0 saturated carbocycles. The molecule has 21 heavy (non-hydrogen) atoms. The predicted octanol–water partition coefficient (Wildman–Crippen LogP) is 3.61. The van der Waals surface area contributed by atoms with Crippen molar-refractivity contribution >= 4 is 23.1 Å². The number of aryl methyl sites for hydroxylation is 1. The average Bonchev–Trinajstić information content (AvgIpc) is 3.03. The minimum absolute atomic E-state index is 0.0105. The molecule has 0 aromatic carbocycles. The van der Waals surface area contributed by atoms with Crippen molar-refractivity contribution in [3.8, 4) is 0 Å². The maximum atomic E-state index is 12.4. The lowest BCUT2D eigenvalue weighted by Crippen LogP contribution is -2.35. The maximum absolute atomic E-state index is 12.4. The van der Waals surface area contributed by atoms with E-state index >= 15 is 0 Å². The van der Waals surface area contributed by atoms with E-state index in [0.29, 0.717) is 6.54 Å².